The molecule has 7 heteroatoms. The van der Waals surface area contributed by atoms with E-state index in [9.17, 15) is 14.7 Å². The van der Waals surface area contributed by atoms with Gasteiger partial charge in [0.2, 0.25) is 0 Å². The molecule has 182 valence electrons. The molecule has 1 atom stereocenters. The number of hydrogen-bond acceptors (Lipinski definition) is 5. The number of rotatable bonds is 14. The monoisotopic (exact) mass is 451 g/mol. The number of hydrogen-bond donors (Lipinski definition) is 1. The summed E-state index contributed by atoms with van der Waals surface area (Å²) in [7, 11) is 0. The summed E-state index contributed by atoms with van der Waals surface area (Å²) in [5, 5.41) is 9.22. The molecule has 0 fully saturated rings. The van der Waals surface area contributed by atoms with E-state index in [1.165, 1.54) is 0 Å². The minimum Gasteiger partial charge on any atom is -0.492 e. The number of carbonyl (C=O) groups is 2. The molecule has 0 saturated heterocycles. The van der Waals surface area contributed by atoms with Crippen molar-refractivity contribution < 1.29 is 28.9 Å². The Hall–Kier alpha value is -2.28. The van der Waals surface area contributed by atoms with E-state index in [2.05, 4.69) is 13.8 Å². The first-order chi connectivity index (χ1) is 15.1. The van der Waals surface area contributed by atoms with Crippen molar-refractivity contribution in [1.29, 1.82) is 0 Å². The van der Waals surface area contributed by atoms with Crippen LogP contribution in [0.25, 0.3) is 0 Å². The number of carboxylic acid groups (broad SMARTS) is 1. The summed E-state index contributed by atoms with van der Waals surface area (Å²) in [4.78, 5) is 25.6. The van der Waals surface area contributed by atoms with Crippen molar-refractivity contribution in [3.05, 3.63) is 29.8 Å². The van der Waals surface area contributed by atoms with E-state index in [0.717, 1.165) is 18.4 Å². The Balaban J connectivity index is 2.65. The summed E-state index contributed by atoms with van der Waals surface area (Å²) in [6.07, 6.45) is 1.14. The number of carbonyl (C=O) groups excluding carboxylic acids is 1. The maximum atomic E-state index is 12.6. The molecular formula is C25H41NO6. The standard InChI is InChI=1S/C25H41NO6/c1-7-19(8-2)17-26(24(29)32-18-25(4,5)6)14-15-31-21-12-10-20(11-13-21)16-22(23(27)28)30-9-3/h10-13,19,22H,7-9,14-18H2,1-6H3,(H,27,28). The Morgan fingerprint density at radius 3 is 2.19 bits per heavy atom. The highest BCUT2D eigenvalue weighted by atomic mass is 16.6. The average molecular weight is 452 g/mol. The summed E-state index contributed by atoms with van der Waals surface area (Å²) in [5.41, 5.74) is 0.773. The van der Waals surface area contributed by atoms with Crippen LogP contribution >= 0.6 is 0 Å². The Kier molecular flexibility index (Phi) is 12.1. The highest BCUT2D eigenvalue weighted by molar-refractivity contribution is 5.72. The van der Waals surface area contributed by atoms with E-state index in [-0.39, 0.29) is 11.5 Å². The van der Waals surface area contributed by atoms with Gasteiger partial charge >= 0.3 is 12.1 Å². The van der Waals surface area contributed by atoms with Gasteiger partial charge in [0.25, 0.3) is 0 Å². The van der Waals surface area contributed by atoms with Crippen LogP contribution in [0.4, 0.5) is 4.79 Å². The lowest BCUT2D eigenvalue weighted by atomic mass is 9.99. The highest BCUT2D eigenvalue weighted by Crippen LogP contribution is 2.17. The van der Waals surface area contributed by atoms with Gasteiger partial charge in [0.05, 0.1) is 13.2 Å². The van der Waals surface area contributed by atoms with Crippen molar-refractivity contribution >= 4 is 12.1 Å². The van der Waals surface area contributed by atoms with Crippen LogP contribution < -0.4 is 4.74 Å². The third-order valence-electron chi connectivity index (χ3n) is 5.14. The molecule has 1 amide bonds. The van der Waals surface area contributed by atoms with Crippen LogP contribution in [0.2, 0.25) is 0 Å². The number of carboxylic acids is 1. The van der Waals surface area contributed by atoms with Gasteiger partial charge in [0, 0.05) is 19.6 Å². The van der Waals surface area contributed by atoms with Gasteiger partial charge < -0.3 is 24.2 Å². The molecule has 7 nitrogen and oxygen atoms in total. The molecule has 0 heterocycles. The van der Waals surface area contributed by atoms with Crippen LogP contribution in [0.15, 0.2) is 24.3 Å². The van der Waals surface area contributed by atoms with Crippen molar-refractivity contribution in [3.8, 4) is 5.75 Å². The molecule has 0 radical (unpaired) electrons. The van der Waals surface area contributed by atoms with Crippen LogP contribution in [-0.2, 0) is 20.7 Å². The van der Waals surface area contributed by atoms with Crippen LogP contribution in [0, 0.1) is 11.3 Å². The van der Waals surface area contributed by atoms with Gasteiger partial charge in [-0.05, 0) is 36.0 Å². The summed E-state index contributed by atoms with van der Waals surface area (Å²) in [5.74, 6) is 0.120. The van der Waals surface area contributed by atoms with Crippen molar-refractivity contribution in [2.24, 2.45) is 11.3 Å². The zero-order valence-electron chi connectivity index (χ0n) is 20.6. The van der Waals surface area contributed by atoms with Crippen molar-refractivity contribution in [3.63, 3.8) is 0 Å². The molecule has 0 aromatic heterocycles. The molecule has 0 bridgehead atoms. The van der Waals surface area contributed by atoms with Crippen molar-refractivity contribution in [1.82, 2.24) is 4.90 Å². The molecule has 1 N–H and O–H groups in total. The minimum absolute atomic E-state index is 0.0870. The first-order valence-electron chi connectivity index (χ1n) is 11.6. The normalized spacial score (nSPS) is 12.5. The molecule has 32 heavy (non-hydrogen) atoms. The van der Waals surface area contributed by atoms with E-state index in [1.807, 2.05) is 45.0 Å². The van der Waals surface area contributed by atoms with Crippen LogP contribution in [-0.4, -0.2) is 61.1 Å². The second kappa shape index (κ2) is 14.0. The fourth-order valence-electron chi connectivity index (χ4n) is 3.11. The van der Waals surface area contributed by atoms with Crippen LogP contribution in [0.1, 0.15) is 59.9 Å². The predicted octanol–water partition coefficient (Wildman–Crippen LogP) is 5.02. The first-order valence-corrected chi connectivity index (χ1v) is 11.6. The van der Waals surface area contributed by atoms with Crippen LogP contribution in [0.5, 0.6) is 5.75 Å². The highest BCUT2D eigenvalue weighted by Gasteiger charge is 2.21. The summed E-state index contributed by atoms with van der Waals surface area (Å²) in [6.45, 7) is 14.3. The minimum atomic E-state index is -0.969. The van der Waals surface area contributed by atoms with Gasteiger partial charge in [-0.3, -0.25) is 0 Å². The summed E-state index contributed by atoms with van der Waals surface area (Å²) >= 11 is 0. The third kappa shape index (κ3) is 10.8. The number of amides is 1. The van der Waals surface area contributed by atoms with E-state index in [1.54, 1.807) is 11.8 Å². The van der Waals surface area contributed by atoms with E-state index < -0.39 is 12.1 Å². The Bertz CT molecular complexity index is 679. The fraction of sp³-hybridized carbons (Fsp3) is 0.680. The fourth-order valence-corrected chi connectivity index (χ4v) is 3.11. The maximum Gasteiger partial charge on any atom is 0.409 e. The number of ether oxygens (including phenoxy) is 3. The Morgan fingerprint density at radius 1 is 1.06 bits per heavy atom. The largest absolute Gasteiger partial charge is 0.492 e. The molecule has 1 rings (SSSR count). The van der Waals surface area contributed by atoms with Crippen LogP contribution in [0.3, 0.4) is 0 Å². The molecule has 1 unspecified atom stereocenters. The van der Waals surface area contributed by atoms with Gasteiger partial charge in [-0.25, -0.2) is 9.59 Å². The molecule has 0 spiro atoms. The SMILES string of the molecule is CCOC(Cc1ccc(OCCN(CC(CC)CC)C(=O)OCC(C)(C)C)cc1)C(=O)O. The second-order valence-electron chi connectivity index (χ2n) is 9.22. The maximum absolute atomic E-state index is 12.6. The first kappa shape index (κ1) is 27.8. The zero-order chi connectivity index (χ0) is 24.1. The molecule has 0 aliphatic rings. The van der Waals surface area contributed by atoms with Gasteiger partial charge in [0.1, 0.15) is 12.4 Å². The molecule has 1 aromatic rings. The smallest absolute Gasteiger partial charge is 0.409 e. The van der Waals surface area contributed by atoms with Crippen molar-refractivity contribution in [2.75, 3.05) is 32.9 Å². The number of aliphatic carboxylic acids is 1. The third-order valence-corrected chi connectivity index (χ3v) is 5.14. The van der Waals surface area contributed by atoms with E-state index in [0.29, 0.717) is 51.0 Å². The lowest BCUT2D eigenvalue weighted by Gasteiger charge is -2.28. The summed E-state index contributed by atoms with van der Waals surface area (Å²) in [6, 6.07) is 7.29. The molecular weight excluding hydrogens is 410 g/mol. The average Bonchev–Trinajstić information content (AvgIpc) is 2.74. The lowest BCUT2D eigenvalue weighted by Crippen LogP contribution is -2.39. The van der Waals surface area contributed by atoms with E-state index in [4.69, 9.17) is 14.2 Å². The Morgan fingerprint density at radius 2 is 1.69 bits per heavy atom. The van der Waals surface area contributed by atoms with Gasteiger partial charge in [-0.2, -0.15) is 0 Å². The van der Waals surface area contributed by atoms with E-state index >= 15 is 0 Å². The topological polar surface area (TPSA) is 85.3 Å². The van der Waals surface area contributed by atoms with Gasteiger partial charge in [0.15, 0.2) is 6.10 Å². The summed E-state index contributed by atoms with van der Waals surface area (Å²) < 4.78 is 16.6. The molecule has 1 aromatic carbocycles. The lowest BCUT2D eigenvalue weighted by molar-refractivity contribution is -0.149. The molecule has 0 aliphatic carbocycles. The second-order valence-corrected chi connectivity index (χ2v) is 9.22. The zero-order valence-corrected chi connectivity index (χ0v) is 20.6. The van der Waals surface area contributed by atoms with Gasteiger partial charge in [-0.1, -0.05) is 59.6 Å². The van der Waals surface area contributed by atoms with Gasteiger partial charge in [-0.15, -0.1) is 0 Å². The molecule has 0 aliphatic heterocycles. The Labute approximate surface area is 193 Å². The quantitative estimate of drug-likeness (QED) is 0.428. The van der Waals surface area contributed by atoms with Crippen molar-refractivity contribution in [2.45, 2.75) is 66.9 Å². The number of nitrogens with zero attached hydrogens (tertiary/aromatic N) is 1. The molecule has 0 saturated carbocycles. The predicted molar refractivity (Wildman–Crippen MR) is 125 cm³/mol. The number of benzene rings is 1.